The van der Waals surface area contributed by atoms with Crippen LogP contribution in [0, 0.1) is 0 Å². The fraction of sp³-hybridized carbons (Fsp3) is 0.312. The fourth-order valence-corrected chi connectivity index (χ4v) is 24.3. The average molecular weight is 896 g/mol. The molecule has 44 heavy (non-hydrogen) atoms. The molecular formula is C16H5F15O11Sn2. The number of halogens is 15. The van der Waals surface area contributed by atoms with Crippen molar-refractivity contribution in [2.24, 2.45) is 0 Å². The number of hydrogen-bond donors (Lipinski definition) is 0. The molecule has 0 atom stereocenters. The molecule has 0 aliphatic carbocycles. The van der Waals surface area contributed by atoms with Gasteiger partial charge in [0, 0.05) is 0 Å². The fourth-order valence-electron chi connectivity index (χ4n) is 2.05. The van der Waals surface area contributed by atoms with E-state index in [1.807, 2.05) is 0 Å². The molecule has 0 saturated carbocycles. The Hall–Kier alpha value is -2.92. The van der Waals surface area contributed by atoms with Gasteiger partial charge in [-0.15, -0.1) is 0 Å². The second kappa shape index (κ2) is 13.2. The second-order valence-corrected chi connectivity index (χ2v) is 22.0. The van der Waals surface area contributed by atoms with Gasteiger partial charge in [0.15, 0.2) is 0 Å². The maximum absolute atomic E-state index is 13.1. The molecule has 0 aliphatic heterocycles. The number of hydrogen-bond acceptors (Lipinski definition) is 11. The Kier molecular flexibility index (Phi) is 11.7. The van der Waals surface area contributed by atoms with Crippen molar-refractivity contribution >= 4 is 73.1 Å². The zero-order valence-electron chi connectivity index (χ0n) is 19.5. The summed E-state index contributed by atoms with van der Waals surface area (Å²) in [7, 11) is 0. The summed E-state index contributed by atoms with van der Waals surface area (Å²) < 4.78 is 214. The van der Waals surface area contributed by atoms with Crippen molar-refractivity contribution in [2.75, 3.05) is 0 Å². The van der Waals surface area contributed by atoms with Crippen LogP contribution in [0.5, 0.6) is 0 Å². The van der Waals surface area contributed by atoms with E-state index in [-0.39, 0.29) is 12.1 Å². The zero-order chi connectivity index (χ0) is 34.7. The van der Waals surface area contributed by atoms with Crippen molar-refractivity contribution in [3.63, 3.8) is 0 Å². The number of carbonyl (C=O) groups excluding carboxylic acids is 5. The van der Waals surface area contributed by atoms with Gasteiger partial charge in [-0.25, -0.2) is 0 Å². The number of benzene rings is 1. The second-order valence-electron chi connectivity index (χ2n) is 6.96. The van der Waals surface area contributed by atoms with Gasteiger partial charge in [-0.3, -0.25) is 0 Å². The van der Waals surface area contributed by atoms with Crippen LogP contribution in [0.15, 0.2) is 30.3 Å². The Labute approximate surface area is 240 Å². The standard InChI is InChI=1S/C6H5.5C2HF3O2.O.2Sn/c1-2-4-6-5-3-1;5*3-2(4,5)1(6)7;;;/h1-5H;5*(H,6,7);;;/q;;;;;;;+2;+3/p-5. The minimum absolute atomic E-state index is 0.128. The number of carbonyl (C=O) groups is 5. The van der Waals surface area contributed by atoms with Crippen LogP contribution >= 0.6 is 0 Å². The van der Waals surface area contributed by atoms with Crippen molar-refractivity contribution in [1.29, 1.82) is 0 Å². The minimum atomic E-state index is -9.38. The molecule has 248 valence electrons. The van der Waals surface area contributed by atoms with Crippen LogP contribution in [-0.4, -0.2) is 100 Å². The molecule has 11 nitrogen and oxygen atoms in total. The van der Waals surface area contributed by atoms with Gasteiger partial charge in [0.1, 0.15) is 0 Å². The molecule has 0 fully saturated rings. The van der Waals surface area contributed by atoms with E-state index in [2.05, 4.69) is 16.8 Å². The maximum atomic E-state index is 13.1. The van der Waals surface area contributed by atoms with Gasteiger partial charge >= 0.3 is 241 Å². The molecule has 0 radical (unpaired) electrons. The van der Waals surface area contributed by atoms with Crippen molar-refractivity contribution in [3.8, 4) is 0 Å². The molecule has 0 spiro atoms. The van der Waals surface area contributed by atoms with E-state index in [0.29, 0.717) is 12.1 Å². The molecule has 0 aromatic heterocycles. The third kappa shape index (κ3) is 10.9. The van der Waals surface area contributed by atoms with Crippen molar-refractivity contribution in [1.82, 2.24) is 0 Å². The quantitative estimate of drug-likeness (QED) is 0.281. The summed E-state index contributed by atoms with van der Waals surface area (Å²) in [6.45, 7) is 0. The van der Waals surface area contributed by atoms with E-state index in [9.17, 15) is 89.8 Å². The van der Waals surface area contributed by atoms with Crippen molar-refractivity contribution in [2.45, 2.75) is 30.9 Å². The van der Waals surface area contributed by atoms with E-state index in [4.69, 9.17) is 0 Å². The Morgan fingerprint density at radius 2 is 0.682 bits per heavy atom. The predicted octanol–water partition coefficient (Wildman–Crippen LogP) is 2.81. The summed E-state index contributed by atoms with van der Waals surface area (Å²) in [6, 6.07) is 2.07. The molecular weight excluding hydrogens is 891 g/mol. The van der Waals surface area contributed by atoms with Gasteiger partial charge in [-0.05, 0) is 0 Å². The molecule has 0 aliphatic rings. The van der Waals surface area contributed by atoms with Crippen LogP contribution in [0.2, 0.25) is 0 Å². The first-order chi connectivity index (χ1) is 19.5. The topological polar surface area (TPSA) is 141 Å². The molecule has 28 heteroatoms. The van der Waals surface area contributed by atoms with Gasteiger partial charge in [-0.1, -0.05) is 0 Å². The van der Waals surface area contributed by atoms with E-state index in [0.717, 1.165) is 6.07 Å². The van der Waals surface area contributed by atoms with Crippen LogP contribution in [0.1, 0.15) is 0 Å². The van der Waals surface area contributed by atoms with Gasteiger partial charge < -0.3 is 0 Å². The van der Waals surface area contributed by atoms with Crippen LogP contribution in [-0.2, 0) is 40.8 Å². The Bertz CT molecular complexity index is 1160. The summed E-state index contributed by atoms with van der Waals surface area (Å²) in [5.41, 5.74) is 0. The summed E-state index contributed by atoms with van der Waals surface area (Å²) in [5.74, 6) is -19.9. The van der Waals surface area contributed by atoms with Crippen molar-refractivity contribution in [3.05, 3.63) is 30.3 Å². The normalized spacial score (nSPS) is 13.4. The summed E-state index contributed by atoms with van der Waals surface area (Å²) in [5, 5.41) is 0. The number of rotatable bonds is 8. The molecule has 0 unspecified atom stereocenters. The van der Waals surface area contributed by atoms with Crippen LogP contribution in [0.25, 0.3) is 0 Å². The van der Waals surface area contributed by atoms with Gasteiger partial charge in [-0.2, -0.15) is 0 Å². The predicted molar refractivity (Wildman–Crippen MR) is 99.4 cm³/mol. The molecule has 0 bridgehead atoms. The molecule has 0 saturated heterocycles. The van der Waals surface area contributed by atoms with E-state index >= 15 is 0 Å². The summed E-state index contributed by atoms with van der Waals surface area (Å²) in [6.07, 6.45) is -32.7. The van der Waals surface area contributed by atoms with E-state index in [1.165, 1.54) is 0 Å². The Balaban J connectivity index is 4.30. The summed E-state index contributed by atoms with van der Waals surface area (Å²) in [4.78, 5) is 57.6. The average Bonchev–Trinajstić information content (AvgIpc) is 2.81. The SMILES string of the molecule is O=C([O][Sn]([O]C(=O)C(F)(F)F)([O]C(=O)C(F)(F)F)[O][Sn]([O]C(=O)C(F)(F)F)([O]C(=O)C(F)(F)F)[c]1ccccc1)C(F)(F)F. The third-order valence-corrected chi connectivity index (χ3v) is 24.4. The monoisotopic (exact) mass is 898 g/mol. The van der Waals surface area contributed by atoms with Gasteiger partial charge in [0.05, 0.1) is 0 Å². The van der Waals surface area contributed by atoms with Gasteiger partial charge in [0.25, 0.3) is 0 Å². The van der Waals surface area contributed by atoms with Crippen LogP contribution in [0.4, 0.5) is 65.9 Å². The molecule has 1 aromatic rings. The first-order valence-corrected chi connectivity index (χ1v) is 19.3. The molecule has 0 heterocycles. The van der Waals surface area contributed by atoms with Crippen LogP contribution in [0.3, 0.4) is 0 Å². The molecule has 1 aromatic carbocycles. The number of alkyl halides is 15. The van der Waals surface area contributed by atoms with Crippen LogP contribution < -0.4 is 3.58 Å². The Morgan fingerprint density at radius 1 is 0.432 bits per heavy atom. The summed E-state index contributed by atoms with van der Waals surface area (Å²) >= 11 is -18.0. The third-order valence-electron chi connectivity index (χ3n) is 3.65. The molecule has 0 amide bonds. The van der Waals surface area contributed by atoms with E-state index < -0.39 is 104 Å². The molecule has 0 N–H and O–H groups in total. The zero-order valence-corrected chi connectivity index (χ0v) is 25.3. The van der Waals surface area contributed by atoms with Crippen molar-refractivity contribution < 1.29 is 107 Å². The first kappa shape index (κ1) is 39.1. The Morgan fingerprint density at radius 3 is 0.932 bits per heavy atom. The molecule has 1 rings (SSSR count). The van der Waals surface area contributed by atoms with E-state index in [1.54, 1.807) is 0 Å². The van der Waals surface area contributed by atoms with Gasteiger partial charge in [0.2, 0.25) is 0 Å². The first-order valence-electron chi connectivity index (χ1n) is 9.72.